The van der Waals surface area contributed by atoms with E-state index in [-0.39, 0.29) is 5.56 Å². The van der Waals surface area contributed by atoms with Gasteiger partial charge in [0.05, 0.1) is 5.56 Å². The van der Waals surface area contributed by atoms with Crippen LogP contribution in [0.25, 0.3) is 11.1 Å². The van der Waals surface area contributed by atoms with Gasteiger partial charge in [0, 0.05) is 22.8 Å². The lowest BCUT2D eigenvalue weighted by Crippen LogP contribution is -2.15. The van der Waals surface area contributed by atoms with Crippen molar-refractivity contribution in [2.45, 2.75) is 12.8 Å². The second-order valence-corrected chi connectivity index (χ2v) is 7.80. The van der Waals surface area contributed by atoms with Gasteiger partial charge >= 0.3 is 6.18 Å². The van der Waals surface area contributed by atoms with E-state index in [2.05, 4.69) is 10.3 Å². The number of thiazole rings is 1. The van der Waals surface area contributed by atoms with E-state index >= 15 is 0 Å². The van der Waals surface area contributed by atoms with Crippen LogP contribution >= 0.6 is 11.3 Å². The highest BCUT2D eigenvalue weighted by Crippen LogP contribution is 2.34. The molecule has 0 saturated heterocycles. The van der Waals surface area contributed by atoms with Crippen LogP contribution in [0, 0.1) is 0 Å². The second kappa shape index (κ2) is 9.23. The van der Waals surface area contributed by atoms with E-state index in [1.54, 1.807) is 60.8 Å². The molecular weight excluding hydrogens is 437 g/mol. The van der Waals surface area contributed by atoms with Crippen LogP contribution < -0.4 is 10.1 Å². The molecule has 0 atom stereocenters. The fourth-order valence-electron chi connectivity index (χ4n) is 3.08. The molecule has 0 aliphatic carbocycles. The van der Waals surface area contributed by atoms with Crippen LogP contribution in [-0.2, 0) is 12.8 Å². The summed E-state index contributed by atoms with van der Waals surface area (Å²) in [6, 6.07) is 18.6. The Morgan fingerprint density at radius 1 is 1.00 bits per heavy atom. The standard InChI is InChI=1S/C24H17F3N2O2S/c25-24(26,27)17-6-11-20(16-4-2-1-3-5-16)21(14-17)23(30)29-18-7-9-19(10-8-18)31-15-22-28-12-13-32-22/h1-14H,15H2,(H,29,30). The molecule has 0 aliphatic heterocycles. The first-order valence-electron chi connectivity index (χ1n) is 9.59. The minimum atomic E-state index is -4.55. The molecule has 0 radical (unpaired) electrons. The van der Waals surface area contributed by atoms with Gasteiger partial charge in [-0.3, -0.25) is 4.79 Å². The Balaban J connectivity index is 1.55. The highest BCUT2D eigenvalue weighted by molar-refractivity contribution is 7.09. The number of halogens is 3. The van der Waals surface area contributed by atoms with Crippen molar-refractivity contribution in [1.82, 2.24) is 4.98 Å². The van der Waals surface area contributed by atoms with Crippen molar-refractivity contribution in [3.63, 3.8) is 0 Å². The van der Waals surface area contributed by atoms with Crippen LogP contribution in [0.3, 0.4) is 0 Å². The summed E-state index contributed by atoms with van der Waals surface area (Å²) in [4.78, 5) is 17.1. The molecule has 0 saturated carbocycles. The lowest BCUT2D eigenvalue weighted by molar-refractivity contribution is -0.137. The smallest absolute Gasteiger partial charge is 0.416 e. The zero-order valence-corrected chi connectivity index (χ0v) is 17.4. The predicted octanol–water partition coefficient (Wildman–Crippen LogP) is 6.66. The molecule has 1 heterocycles. The van der Waals surface area contributed by atoms with Gasteiger partial charge in [-0.25, -0.2) is 4.98 Å². The van der Waals surface area contributed by atoms with Gasteiger partial charge in [0.15, 0.2) is 0 Å². The molecule has 8 heteroatoms. The third-order valence-electron chi connectivity index (χ3n) is 4.63. The third-order valence-corrected chi connectivity index (χ3v) is 5.39. The van der Waals surface area contributed by atoms with Crippen molar-refractivity contribution in [3.8, 4) is 16.9 Å². The van der Waals surface area contributed by atoms with Crippen molar-refractivity contribution in [2.75, 3.05) is 5.32 Å². The summed E-state index contributed by atoms with van der Waals surface area (Å²) in [7, 11) is 0. The lowest BCUT2D eigenvalue weighted by atomic mass is 9.96. The molecule has 1 N–H and O–H groups in total. The summed E-state index contributed by atoms with van der Waals surface area (Å²) < 4.78 is 45.4. The van der Waals surface area contributed by atoms with Crippen molar-refractivity contribution in [2.24, 2.45) is 0 Å². The predicted molar refractivity (Wildman–Crippen MR) is 118 cm³/mol. The van der Waals surface area contributed by atoms with Crippen LogP contribution in [0.15, 0.2) is 84.4 Å². The fourth-order valence-corrected chi connectivity index (χ4v) is 3.61. The molecular formula is C24H17F3N2O2S. The lowest BCUT2D eigenvalue weighted by Gasteiger charge is -2.14. The minimum Gasteiger partial charge on any atom is -0.486 e. The van der Waals surface area contributed by atoms with Crippen molar-refractivity contribution in [3.05, 3.63) is 101 Å². The van der Waals surface area contributed by atoms with E-state index in [9.17, 15) is 18.0 Å². The quantitative estimate of drug-likeness (QED) is 0.354. The fraction of sp³-hybridized carbons (Fsp3) is 0.0833. The molecule has 1 amide bonds. The van der Waals surface area contributed by atoms with Gasteiger partial charge in [-0.2, -0.15) is 13.2 Å². The Labute approximate surface area is 186 Å². The van der Waals surface area contributed by atoms with Gasteiger partial charge in [0.2, 0.25) is 0 Å². The number of aromatic nitrogens is 1. The number of hydrogen-bond acceptors (Lipinski definition) is 4. The van der Waals surface area contributed by atoms with E-state index in [0.717, 1.165) is 17.1 Å². The number of ether oxygens (including phenoxy) is 1. The van der Waals surface area contributed by atoms with E-state index in [1.165, 1.54) is 17.4 Å². The molecule has 0 fully saturated rings. The summed E-state index contributed by atoms with van der Waals surface area (Å²) in [6.45, 7) is 0.327. The first-order chi connectivity index (χ1) is 15.4. The normalized spacial score (nSPS) is 11.2. The molecule has 3 aromatic carbocycles. The van der Waals surface area contributed by atoms with Gasteiger partial charge in [-0.05, 0) is 47.5 Å². The van der Waals surface area contributed by atoms with Crippen LogP contribution in [0.1, 0.15) is 20.9 Å². The largest absolute Gasteiger partial charge is 0.486 e. The molecule has 0 aliphatic rings. The van der Waals surface area contributed by atoms with Gasteiger partial charge in [-0.15, -0.1) is 11.3 Å². The highest BCUT2D eigenvalue weighted by atomic mass is 32.1. The number of amides is 1. The van der Waals surface area contributed by atoms with Crippen LogP contribution in [-0.4, -0.2) is 10.9 Å². The topological polar surface area (TPSA) is 51.2 Å². The van der Waals surface area contributed by atoms with Crippen molar-refractivity contribution < 1.29 is 22.7 Å². The first kappa shape index (κ1) is 21.6. The highest BCUT2D eigenvalue weighted by Gasteiger charge is 2.32. The molecule has 32 heavy (non-hydrogen) atoms. The van der Waals surface area contributed by atoms with E-state index in [4.69, 9.17) is 4.74 Å². The summed E-state index contributed by atoms with van der Waals surface area (Å²) >= 11 is 1.48. The van der Waals surface area contributed by atoms with Crippen LogP contribution in [0.4, 0.5) is 18.9 Å². The van der Waals surface area contributed by atoms with Gasteiger partial charge in [0.25, 0.3) is 5.91 Å². The maximum atomic E-state index is 13.3. The average Bonchev–Trinajstić information content (AvgIpc) is 3.32. The Morgan fingerprint density at radius 3 is 2.41 bits per heavy atom. The van der Waals surface area contributed by atoms with E-state index in [1.807, 2.05) is 5.38 Å². The Bertz CT molecular complexity index is 1190. The SMILES string of the molecule is O=C(Nc1ccc(OCc2nccs2)cc1)c1cc(C(F)(F)F)ccc1-c1ccccc1. The number of alkyl halides is 3. The maximum Gasteiger partial charge on any atom is 0.416 e. The molecule has 4 nitrogen and oxygen atoms in total. The molecule has 0 spiro atoms. The molecule has 1 aromatic heterocycles. The number of benzene rings is 3. The molecule has 162 valence electrons. The Kier molecular flexibility index (Phi) is 6.23. The molecule has 4 rings (SSSR count). The summed E-state index contributed by atoms with van der Waals surface area (Å²) in [6.07, 6.45) is -2.86. The average molecular weight is 454 g/mol. The van der Waals surface area contributed by atoms with E-state index < -0.39 is 17.6 Å². The molecule has 4 aromatic rings. The number of hydrogen-bond donors (Lipinski definition) is 1. The second-order valence-electron chi connectivity index (χ2n) is 6.82. The monoisotopic (exact) mass is 454 g/mol. The Morgan fingerprint density at radius 2 is 1.75 bits per heavy atom. The van der Waals surface area contributed by atoms with Gasteiger partial charge < -0.3 is 10.1 Å². The number of nitrogens with zero attached hydrogens (tertiary/aromatic N) is 1. The Hall–Kier alpha value is -3.65. The summed E-state index contributed by atoms with van der Waals surface area (Å²) in [5.41, 5.74) is 0.563. The number of nitrogens with one attached hydrogen (secondary N) is 1. The van der Waals surface area contributed by atoms with Gasteiger partial charge in [-0.1, -0.05) is 36.4 Å². The first-order valence-corrected chi connectivity index (χ1v) is 10.5. The third kappa shape index (κ3) is 5.15. The number of carbonyl (C=O) groups is 1. The van der Waals surface area contributed by atoms with Gasteiger partial charge in [0.1, 0.15) is 17.4 Å². The van der Waals surface area contributed by atoms with Crippen molar-refractivity contribution >= 4 is 22.9 Å². The van der Waals surface area contributed by atoms with Crippen LogP contribution in [0.2, 0.25) is 0 Å². The number of rotatable bonds is 6. The number of anilines is 1. The summed E-state index contributed by atoms with van der Waals surface area (Å²) in [5, 5.41) is 5.36. The number of carbonyl (C=O) groups excluding carboxylic acids is 1. The van der Waals surface area contributed by atoms with E-state index in [0.29, 0.717) is 29.2 Å². The molecule has 0 bridgehead atoms. The minimum absolute atomic E-state index is 0.0601. The maximum absolute atomic E-state index is 13.3. The zero-order chi connectivity index (χ0) is 22.6. The van der Waals surface area contributed by atoms with Crippen molar-refractivity contribution in [1.29, 1.82) is 0 Å². The zero-order valence-electron chi connectivity index (χ0n) is 16.6. The molecule has 0 unspecified atom stereocenters. The summed E-state index contributed by atoms with van der Waals surface area (Å²) in [5.74, 6) is -0.0475. The van der Waals surface area contributed by atoms with Crippen LogP contribution in [0.5, 0.6) is 5.75 Å².